The average molecular weight is 209 g/mol. The van der Waals surface area contributed by atoms with Crippen molar-refractivity contribution in [2.75, 3.05) is 19.4 Å². The van der Waals surface area contributed by atoms with Gasteiger partial charge in [0.25, 0.3) is 0 Å². The van der Waals surface area contributed by atoms with E-state index in [9.17, 15) is 0 Å². The fourth-order valence-electron chi connectivity index (χ4n) is 1.70. The molecular formula is C11H15NOS. The van der Waals surface area contributed by atoms with Crippen LogP contribution in [-0.4, -0.2) is 19.4 Å². The van der Waals surface area contributed by atoms with Gasteiger partial charge in [-0.15, -0.1) is 11.8 Å². The van der Waals surface area contributed by atoms with Crippen LogP contribution >= 0.6 is 11.8 Å². The Morgan fingerprint density at radius 2 is 2.36 bits per heavy atom. The molecule has 1 heterocycles. The van der Waals surface area contributed by atoms with Crippen molar-refractivity contribution in [1.82, 2.24) is 5.32 Å². The molecule has 2 nitrogen and oxygen atoms in total. The van der Waals surface area contributed by atoms with E-state index in [4.69, 9.17) is 4.74 Å². The van der Waals surface area contributed by atoms with Crippen LogP contribution in [0.3, 0.4) is 0 Å². The van der Waals surface area contributed by atoms with Crippen LogP contribution in [0.1, 0.15) is 16.5 Å². The van der Waals surface area contributed by atoms with Crippen LogP contribution in [0.5, 0.6) is 5.75 Å². The number of methoxy groups -OCH3 is 1. The molecule has 1 saturated heterocycles. The minimum Gasteiger partial charge on any atom is -0.496 e. The summed E-state index contributed by atoms with van der Waals surface area (Å²) in [5, 5.41) is 3.93. The number of thioether (sulfide) groups is 1. The number of rotatable bonds is 2. The van der Waals surface area contributed by atoms with Gasteiger partial charge < -0.3 is 10.1 Å². The molecule has 1 N–H and O–H groups in total. The molecule has 0 aromatic heterocycles. The van der Waals surface area contributed by atoms with Gasteiger partial charge in [-0.1, -0.05) is 6.07 Å². The lowest BCUT2D eigenvalue weighted by molar-refractivity contribution is 0.411. The van der Waals surface area contributed by atoms with Gasteiger partial charge in [0.05, 0.1) is 12.5 Å². The first-order valence-electron chi connectivity index (χ1n) is 4.81. The summed E-state index contributed by atoms with van der Waals surface area (Å²) in [5.41, 5.74) is 2.56. The lowest BCUT2D eigenvalue weighted by Crippen LogP contribution is -2.12. The molecule has 3 heteroatoms. The lowest BCUT2D eigenvalue weighted by atomic mass is 10.1. The maximum atomic E-state index is 5.24. The summed E-state index contributed by atoms with van der Waals surface area (Å²) in [4.78, 5) is 0. The highest BCUT2D eigenvalue weighted by atomic mass is 32.2. The quantitative estimate of drug-likeness (QED) is 0.808. The van der Waals surface area contributed by atoms with Gasteiger partial charge in [0.2, 0.25) is 0 Å². The van der Waals surface area contributed by atoms with Crippen LogP contribution in [0.4, 0.5) is 0 Å². The summed E-state index contributed by atoms with van der Waals surface area (Å²) >= 11 is 1.97. The van der Waals surface area contributed by atoms with Crippen molar-refractivity contribution in [2.24, 2.45) is 0 Å². The van der Waals surface area contributed by atoms with Crippen molar-refractivity contribution < 1.29 is 4.74 Å². The molecule has 0 bridgehead atoms. The number of nitrogens with one attached hydrogen (secondary N) is 1. The Morgan fingerprint density at radius 1 is 1.50 bits per heavy atom. The average Bonchev–Trinajstić information content (AvgIpc) is 2.70. The molecule has 0 radical (unpaired) electrons. The summed E-state index contributed by atoms with van der Waals surface area (Å²) in [6.07, 6.45) is 0. The molecular weight excluding hydrogens is 194 g/mol. The van der Waals surface area contributed by atoms with Crippen LogP contribution < -0.4 is 10.1 Å². The van der Waals surface area contributed by atoms with E-state index >= 15 is 0 Å². The third-order valence-corrected chi connectivity index (χ3v) is 3.65. The van der Waals surface area contributed by atoms with Gasteiger partial charge in [-0.25, -0.2) is 0 Å². The molecule has 1 aliphatic heterocycles. The van der Waals surface area contributed by atoms with E-state index < -0.39 is 0 Å². The smallest absolute Gasteiger partial charge is 0.121 e. The Morgan fingerprint density at radius 3 is 2.93 bits per heavy atom. The maximum Gasteiger partial charge on any atom is 0.121 e. The van der Waals surface area contributed by atoms with Gasteiger partial charge in [0, 0.05) is 12.3 Å². The number of hydrogen-bond donors (Lipinski definition) is 1. The molecule has 1 aromatic rings. The molecule has 76 valence electrons. The van der Waals surface area contributed by atoms with E-state index in [0.29, 0.717) is 5.37 Å². The van der Waals surface area contributed by atoms with E-state index in [-0.39, 0.29) is 0 Å². The Hall–Kier alpha value is -0.670. The highest BCUT2D eigenvalue weighted by Crippen LogP contribution is 2.32. The predicted molar refractivity (Wildman–Crippen MR) is 60.9 cm³/mol. The second-order valence-electron chi connectivity index (χ2n) is 3.43. The van der Waals surface area contributed by atoms with Gasteiger partial charge in [-0.05, 0) is 30.2 Å². The van der Waals surface area contributed by atoms with Crippen LogP contribution in [0.25, 0.3) is 0 Å². The number of hydrogen-bond acceptors (Lipinski definition) is 3. The Bertz CT molecular complexity index is 321. The topological polar surface area (TPSA) is 21.3 Å². The summed E-state index contributed by atoms with van der Waals surface area (Å²) in [7, 11) is 1.71. The third kappa shape index (κ3) is 1.88. The zero-order valence-corrected chi connectivity index (χ0v) is 9.36. The molecule has 0 saturated carbocycles. The molecule has 0 aliphatic carbocycles. The fourth-order valence-corrected chi connectivity index (χ4v) is 2.75. The third-order valence-electron chi connectivity index (χ3n) is 2.44. The molecule has 1 aliphatic rings. The van der Waals surface area contributed by atoms with Gasteiger partial charge in [0.15, 0.2) is 0 Å². The van der Waals surface area contributed by atoms with E-state index in [2.05, 4.69) is 24.4 Å². The summed E-state index contributed by atoms with van der Waals surface area (Å²) in [5.74, 6) is 2.17. The summed E-state index contributed by atoms with van der Waals surface area (Å²) in [6, 6.07) is 6.39. The number of ether oxygens (including phenoxy) is 1. The first-order valence-corrected chi connectivity index (χ1v) is 5.85. The standard InChI is InChI=1S/C11H15NOS/c1-8-7-9(3-4-10(8)13-2)11-12-5-6-14-11/h3-4,7,11-12H,5-6H2,1-2H3/t11-/m1/s1. The number of benzene rings is 1. The summed E-state index contributed by atoms with van der Waals surface area (Å²) in [6.45, 7) is 3.20. The Kier molecular flexibility index (Phi) is 2.99. The monoisotopic (exact) mass is 209 g/mol. The van der Waals surface area contributed by atoms with Crippen LogP contribution in [0, 0.1) is 6.92 Å². The van der Waals surface area contributed by atoms with E-state index in [1.54, 1.807) is 7.11 Å². The second kappa shape index (κ2) is 4.24. The minimum absolute atomic E-state index is 0.472. The van der Waals surface area contributed by atoms with E-state index in [1.165, 1.54) is 16.9 Å². The molecule has 1 atom stereocenters. The fraction of sp³-hybridized carbons (Fsp3) is 0.455. The summed E-state index contributed by atoms with van der Waals surface area (Å²) < 4.78 is 5.24. The van der Waals surface area contributed by atoms with Crippen LogP contribution in [0.15, 0.2) is 18.2 Å². The minimum atomic E-state index is 0.472. The van der Waals surface area contributed by atoms with Crippen LogP contribution in [-0.2, 0) is 0 Å². The molecule has 14 heavy (non-hydrogen) atoms. The van der Waals surface area contributed by atoms with Crippen molar-refractivity contribution in [3.63, 3.8) is 0 Å². The molecule has 2 rings (SSSR count). The maximum absolute atomic E-state index is 5.24. The number of aryl methyl sites for hydroxylation is 1. The highest BCUT2D eigenvalue weighted by Gasteiger charge is 2.16. The van der Waals surface area contributed by atoms with Crippen molar-refractivity contribution in [3.8, 4) is 5.75 Å². The second-order valence-corrected chi connectivity index (χ2v) is 4.65. The van der Waals surface area contributed by atoms with Crippen molar-refractivity contribution in [1.29, 1.82) is 0 Å². The SMILES string of the molecule is COc1ccc([C@@H]2NCCS2)cc1C. The van der Waals surface area contributed by atoms with Crippen molar-refractivity contribution in [3.05, 3.63) is 29.3 Å². The van der Waals surface area contributed by atoms with E-state index in [1.807, 2.05) is 17.8 Å². The van der Waals surface area contributed by atoms with Crippen molar-refractivity contribution >= 4 is 11.8 Å². The largest absolute Gasteiger partial charge is 0.496 e. The van der Waals surface area contributed by atoms with Gasteiger partial charge in [-0.2, -0.15) is 0 Å². The Labute approximate surface area is 89.0 Å². The Balaban J connectivity index is 2.23. The normalized spacial score (nSPS) is 21.1. The molecule has 0 spiro atoms. The zero-order valence-electron chi connectivity index (χ0n) is 8.54. The molecule has 0 unspecified atom stereocenters. The molecule has 1 fully saturated rings. The van der Waals surface area contributed by atoms with Gasteiger partial charge >= 0.3 is 0 Å². The van der Waals surface area contributed by atoms with Gasteiger partial charge in [0.1, 0.15) is 5.75 Å². The van der Waals surface area contributed by atoms with Gasteiger partial charge in [-0.3, -0.25) is 0 Å². The predicted octanol–water partition coefficient (Wildman–Crippen LogP) is 2.34. The molecule has 1 aromatic carbocycles. The first-order chi connectivity index (χ1) is 6.81. The molecule has 0 amide bonds. The van der Waals surface area contributed by atoms with Crippen molar-refractivity contribution in [2.45, 2.75) is 12.3 Å². The zero-order chi connectivity index (χ0) is 9.97. The lowest BCUT2D eigenvalue weighted by Gasteiger charge is -2.12. The highest BCUT2D eigenvalue weighted by molar-refractivity contribution is 7.99. The van der Waals surface area contributed by atoms with Crippen LogP contribution in [0.2, 0.25) is 0 Å². The first kappa shape index (κ1) is 9.87. The van der Waals surface area contributed by atoms with E-state index in [0.717, 1.165) is 12.3 Å².